The number of hydrogen-bond acceptors (Lipinski definition) is 5. The number of benzene rings is 1. The molecule has 0 atom stereocenters. The summed E-state index contributed by atoms with van der Waals surface area (Å²) in [4.78, 5) is 13.0. The van der Waals surface area contributed by atoms with Crippen molar-refractivity contribution in [3.05, 3.63) is 79.0 Å². The van der Waals surface area contributed by atoms with Crippen LogP contribution in [0.3, 0.4) is 0 Å². The van der Waals surface area contributed by atoms with Crippen molar-refractivity contribution >= 4 is 11.6 Å². The molecule has 0 aliphatic rings. The molecule has 0 radical (unpaired) electrons. The summed E-state index contributed by atoms with van der Waals surface area (Å²) < 4.78 is 1.86. The monoisotopic (exact) mass is 328 g/mol. The number of hydrogen-bond donors (Lipinski definition) is 1. The maximum absolute atomic E-state index is 4.60. The van der Waals surface area contributed by atoms with E-state index in [0.29, 0.717) is 5.95 Å². The highest BCUT2D eigenvalue weighted by Crippen LogP contribution is 2.23. The van der Waals surface area contributed by atoms with Crippen LogP contribution in [0.2, 0.25) is 0 Å². The minimum absolute atomic E-state index is 0.525. The van der Waals surface area contributed by atoms with Gasteiger partial charge in [-0.05, 0) is 37.3 Å². The van der Waals surface area contributed by atoms with Crippen molar-refractivity contribution in [2.45, 2.75) is 6.92 Å². The fourth-order valence-electron chi connectivity index (χ4n) is 2.56. The van der Waals surface area contributed by atoms with Crippen LogP contribution in [0, 0.1) is 6.92 Å². The van der Waals surface area contributed by atoms with Crippen molar-refractivity contribution in [1.29, 1.82) is 0 Å². The molecule has 3 aromatic heterocycles. The Morgan fingerprint density at radius 1 is 0.960 bits per heavy atom. The molecule has 1 N–H and O–H groups in total. The zero-order valence-corrected chi connectivity index (χ0v) is 13.7. The number of para-hydroxylation sites is 1. The van der Waals surface area contributed by atoms with Gasteiger partial charge in [-0.3, -0.25) is 4.98 Å². The molecule has 0 unspecified atom stereocenters. The lowest BCUT2D eigenvalue weighted by molar-refractivity contribution is 0.863. The zero-order valence-electron chi connectivity index (χ0n) is 13.7. The predicted octanol–water partition coefficient (Wildman–Crippen LogP) is 3.78. The standard InChI is InChI=1S/C19H16N6/c1-14-17(13-25(24-14)16-7-3-2-4-8-16)18-9-11-21-19(23-18)22-15-6-5-10-20-12-15/h2-13H,1H3,(H,21,22,23). The Bertz CT molecular complexity index is 979. The molecule has 0 saturated carbocycles. The summed E-state index contributed by atoms with van der Waals surface area (Å²) in [5, 5.41) is 7.76. The Kier molecular flexibility index (Phi) is 3.92. The molecule has 3 heterocycles. The van der Waals surface area contributed by atoms with Crippen molar-refractivity contribution in [3.63, 3.8) is 0 Å². The molecule has 0 aliphatic heterocycles. The molecule has 0 fully saturated rings. The summed E-state index contributed by atoms with van der Waals surface area (Å²) >= 11 is 0. The molecule has 4 rings (SSSR count). The molecule has 0 amide bonds. The molecule has 0 spiro atoms. The Morgan fingerprint density at radius 3 is 2.64 bits per heavy atom. The number of nitrogens with zero attached hydrogens (tertiary/aromatic N) is 5. The molecule has 122 valence electrons. The van der Waals surface area contributed by atoms with Gasteiger partial charge in [-0.1, -0.05) is 18.2 Å². The van der Waals surface area contributed by atoms with E-state index in [1.54, 1.807) is 18.6 Å². The van der Waals surface area contributed by atoms with Crippen LogP contribution in [0.4, 0.5) is 11.6 Å². The summed E-state index contributed by atoms with van der Waals surface area (Å²) in [6, 6.07) is 15.7. The fraction of sp³-hybridized carbons (Fsp3) is 0.0526. The Balaban J connectivity index is 1.66. The van der Waals surface area contributed by atoms with Gasteiger partial charge in [0.15, 0.2) is 0 Å². The highest BCUT2D eigenvalue weighted by Gasteiger charge is 2.11. The average Bonchev–Trinajstić information content (AvgIpc) is 3.05. The van der Waals surface area contributed by atoms with E-state index in [9.17, 15) is 0 Å². The third-order valence-electron chi connectivity index (χ3n) is 3.77. The van der Waals surface area contributed by atoms with Crippen LogP contribution in [0.1, 0.15) is 5.69 Å². The van der Waals surface area contributed by atoms with E-state index < -0.39 is 0 Å². The number of aryl methyl sites for hydroxylation is 1. The van der Waals surface area contributed by atoms with E-state index in [4.69, 9.17) is 0 Å². The lowest BCUT2D eigenvalue weighted by atomic mass is 10.2. The van der Waals surface area contributed by atoms with Gasteiger partial charge in [-0.2, -0.15) is 5.10 Å². The smallest absolute Gasteiger partial charge is 0.227 e. The fourth-order valence-corrected chi connectivity index (χ4v) is 2.56. The van der Waals surface area contributed by atoms with Crippen molar-refractivity contribution < 1.29 is 0 Å². The summed E-state index contributed by atoms with van der Waals surface area (Å²) in [6.45, 7) is 1.98. The van der Waals surface area contributed by atoms with Crippen molar-refractivity contribution in [3.8, 4) is 16.9 Å². The molecule has 1 aromatic carbocycles. The molecule has 0 aliphatic carbocycles. The highest BCUT2D eigenvalue weighted by molar-refractivity contribution is 5.63. The van der Waals surface area contributed by atoms with E-state index in [2.05, 4.69) is 25.4 Å². The molecule has 6 nitrogen and oxygen atoms in total. The van der Waals surface area contributed by atoms with E-state index in [1.807, 2.05) is 66.3 Å². The third-order valence-corrected chi connectivity index (χ3v) is 3.77. The SMILES string of the molecule is Cc1nn(-c2ccccc2)cc1-c1ccnc(Nc2cccnc2)n1. The van der Waals surface area contributed by atoms with Gasteiger partial charge in [-0.25, -0.2) is 14.6 Å². The van der Waals surface area contributed by atoms with Gasteiger partial charge < -0.3 is 5.32 Å². The van der Waals surface area contributed by atoms with Crippen molar-refractivity contribution in [2.75, 3.05) is 5.32 Å². The highest BCUT2D eigenvalue weighted by atomic mass is 15.3. The summed E-state index contributed by atoms with van der Waals surface area (Å²) in [6.07, 6.45) is 7.18. The number of aromatic nitrogens is 5. The number of anilines is 2. The van der Waals surface area contributed by atoms with Crippen LogP contribution >= 0.6 is 0 Å². The summed E-state index contributed by atoms with van der Waals surface area (Å²) in [7, 11) is 0. The third kappa shape index (κ3) is 3.23. The van der Waals surface area contributed by atoms with E-state index in [-0.39, 0.29) is 0 Å². The van der Waals surface area contributed by atoms with Crippen LogP contribution in [-0.2, 0) is 0 Å². The second kappa shape index (κ2) is 6.52. The first-order valence-corrected chi connectivity index (χ1v) is 7.92. The summed E-state index contributed by atoms with van der Waals surface area (Å²) in [5.41, 5.74) is 4.56. The second-order valence-electron chi connectivity index (χ2n) is 5.54. The Hall–Kier alpha value is -3.54. The van der Waals surface area contributed by atoms with E-state index in [0.717, 1.165) is 28.3 Å². The van der Waals surface area contributed by atoms with Crippen LogP contribution in [-0.4, -0.2) is 24.7 Å². The molecular formula is C19H16N6. The predicted molar refractivity (Wildman–Crippen MR) is 96.8 cm³/mol. The largest absolute Gasteiger partial charge is 0.323 e. The van der Waals surface area contributed by atoms with Gasteiger partial charge in [-0.15, -0.1) is 0 Å². The van der Waals surface area contributed by atoms with E-state index in [1.165, 1.54) is 0 Å². The van der Waals surface area contributed by atoms with Crippen LogP contribution in [0.5, 0.6) is 0 Å². The van der Waals surface area contributed by atoms with Crippen LogP contribution < -0.4 is 5.32 Å². The molecule has 0 saturated heterocycles. The first-order chi connectivity index (χ1) is 12.3. The molecular weight excluding hydrogens is 312 g/mol. The maximum atomic E-state index is 4.60. The van der Waals surface area contributed by atoms with Gasteiger partial charge in [0.05, 0.1) is 29.0 Å². The van der Waals surface area contributed by atoms with Gasteiger partial charge in [0.1, 0.15) is 0 Å². The number of nitrogens with one attached hydrogen (secondary N) is 1. The normalized spacial score (nSPS) is 10.6. The molecule has 6 heteroatoms. The quantitative estimate of drug-likeness (QED) is 0.617. The first kappa shape index (κ1) is 15.0. The van der Waals surface area contributed by atoms with E-state index >= 15 is 0 Å². The molecule has 25 heavy (non-hydrogen) atoms. The van der Waals surface area contributed by atoms with Crippen LogP contribution in [0.25, 0.3) is 16.9 Å². The topological polar surface area (TPSA) is 68.5 Å². The summed E-state index contributed by atoms with van der Waals surface area (Å²) in [5.74, 6) is 0.525. The lowest BCUT2D eigenvalue weighted by Crippen LogP contribution is -1.98. The number of rotatable bonds is 4. The second-order valence-corrected chi connectivity index (χ2v) is 5.54. The minimum atomic E-state index is 0.525. The number of pyridine rings is 1. The maximum Gasteiger partial charge on any atom is 0.227 e. The van der Waals surface area contributed by atoms with Gasteiger partial charge in [0.2, 0.25) is 5.95 Å². The van der Waals surface area contributed by atoms with Gasteiger partial charge in [0.25, 0.3) is 0 Å². The van der Waals surface area contributed by atoms with Crippen molar-refractivity contribution in [2.24, 2.45) is 0 Å². The lowest BCUT2D eigenvalue weighted by Gasteiger charge is -2.05. The van der Waals surface area contributed by atoms with Gasteiger partial charge in [0, 0.05) is 24.2 Å². The van der Waals surface area contributed by atoms with Gasteiger partial charge >= 0.3 is 0 Å². The molecule has 4 aromatic rings. The zero-order chi connectivity index (χ0) is 17.1. The Labute approximate surface area is 145 Å². The first-order valence-electron chi connectivity index (χ1n) is 7.92. The van der Waals surface area contributed by atoms with Crippen LogP contribution in [0.15, 0.2) is 73.3 Å². The van der Waals surface area contributed by atoms with Crippen molar-refractivity contribution in [1.82, 2.24) is 24.7 Å². The Morgan fingerprint density at radius 2 is 1.84 bits per heavy atom. The minimum Gasteiger partial charge on any atom is -0.323 e. The molecule has 0 bridgehead atoms. The average molecular weight is 328 g/mol.